The molecule has 2 heterocycles. The van der Waals surface area contributed by atoms with E-state index in [-0.39, 0.29) is 5.75 Å². The Morgan fingerprint density at radius 3 is 2.58 bits per heavy atom. The molecule has 1 aliphatic heterocycles. The fraction of sp³-hybridized carbons (Fsp3) is 0.333. The maximum atomic E-state index is 12.4. The summed E-state index contributed by atoms with van der Waals surface area (Å²) in [7, 11) is -3.42. The van der Waals surface area contributed by atoms with Crippen LogP contribution in [0.25, 0.3) is 0 Å². The van der Waals surface area contributed by atoms with Crippen molar-refractivity contribution in [2.24, 2.45) is 0 Å². The molecule has 1 saturated heterocycles. The number of hydrogen-bond donors (Lipinski definition) is 0. The summed E-state index contributed by atoms with van der Waals surface area (Å²) in [5.74, 6) is -0.161. The van der Waals surface area contributed by atoms with Crippen LogP contribution < -0.4 is 4.90 Å². The zero-order chi connectivity index (χ0) is 17.2. The smallest absolute Gasteiger partial charge is 0.220 e. The second-order valence-electron chi connectivity index (χ2n) is 5.41. The number of aromatic nitrogens is 1. The minimum Gasteiger partial charge on any atom is -0.369 e. The van der Waals surface area contributed by atoms with E-state index in [1.165, 1.54) is 10.6 Å². The molecule has 1 fully saturated rings. The lowest BCUT2D eigenvalue weighted by molar-refractivity contribution is 0.381. The van der Waals surface area contributed by atoms with Crippen molar-refractivity contribution in [2.45, 2.75) is 5.75 Å². The van der Waals surface area contributed by atoms with Crippen LogP contribution in [0.2, 0.25) is 5.02 Å². The van der Waals surface area contributed by atoms with Crippen LogP contribution in [0.5, 0.6) is 0 Å². The number of nitriles is 1. The number of rotatable bonds is 4. The molecule has 0 radical (unpaired) electrons. The maximum Gasteiger partial charge on any atom is 0.220 e. The second-order valence-corrected chi connectivity index (χ2v) is 7.79. The normalized spacial score (nSPS) is 16.1. The van der Waals surface area contributed by atoms with Gasteiger partial charge in [0.05, 0.1) is 16.3 Å². The fourth-order valence-corrected chi connectivity index (χ4v) is 4.25. The summed E-state index contributed by atoms with van der Waals surface area (Å²) in [6.45, 7) is 1.89. The molecule has 0 atom stereocenters. The van der Waals surface area contributed by atoms with Crippen LogP contribution in [0, 0.1) is 11.3 Å². The highest BCUT2D eigenvalue weighted by molar-refractivity contribution is 7.88. The monoisotopic (exact) mass is 366 g/mol. The van der Waals surface area contributed by atoms with E-state index in [9.17, 15) is 8.42 Å². The van der Waals surface area contributed by atoms with Crippen LogP contribution >= 0.6 is 11.6 Å². The van der Waals surface area contributed by atoms with Crippen LogP contribution in [-0.2, 0) is 15.8 Å². The summed E-state index contributed by atoms with van der Waals surface area (Å²) in [6, 6.07) is 8.80. The quantitative estimate of drug-likeness (QED) is 0.820. The summed E-state index contributed by atoms with van der Waals surface area (Å²) in [6.07, 6.45) is 1.36. The molecule has 0 saturated carbocycles. The Labute approximate surface area is 145 Å². The molecule has 3 rings (SSSR count). The van der Waals surface area contributed by atoms with Gasteiger partial charge >= 0.3 is 0 Å². The Bertz CT molecular complexity index is 853. The topological polar surface area (TPSA) is 90.4 Å². The Morgan fingerprint density at radius 2 is 2.00 bits per heavy atom. The number of sulfonamides is 1. The molecule has 0 unspecified atom stereocenters. The van der Waals surface area contributed by atoms with Gasteiger partial charge in [-0.05, 0) is 18.2 Å². The molecule has 126 valence electrons. The van der Waals surface area contributed by atoms with E-state index in [2.05, 4.69) is 14.6 Å². The highest BCUT2D eigenvalue weighted by atomic mass is 35.5. The van der Waals surface area contributed by atoms with Crippen molar-refractivity contribution in [1.82, 2.24) is 9.46 Å². The molecule has 1 aromatic heterocycles. The summed E-state index contributed by atoms with van der Waals surface area (Å²) in [5, 5.41) is 13.0. The summed E-state index contributed by atoms with van der Waals surface area (Å²) >= 11 is 6.06. The van der Waals surface area contributed by atoms with Crippen LogP contribution in [0.15, 0.2) is 35.1 Å². The first kappa shape index (κ1) is 16.8. The average molecular weight is 367 g/mol. The number of hydrogen-bond acceptors (Lipinski definition) is 6. The molecular weight excluding hydrogens is 352 g/mol. The lowest BCUT2D eigenvalue weighted by atomic mass is 10.2. The second kappa shape index (κ2) is 6.81. The van der Waals surface area contributed by atoms with Gasteiger partial charge in [0.2, 0.25) is 10.0 Å². The Hall–Kier alpha value is -2.08. The van der Waals surface area contributed by atoms with E-state index in [0.717, 1.165) is 5.69 Å². The zero-order valence-electron chi connectivity index (χ0n) is 12.7. The molecule has 0 aliphatic carbocycles. The first-order valence-corrected chi connectivity index (χ1v) is 9.30. The van der Waals surface area contributed by atoms with Crippen molar-refractivity contribution in [3.05, 3.63) is 46.8 Å². The molecule has 7 nitrogen and oxygen atoms in total. The maximum absolute atomic E-state index is 12.4. The molecule has 0 bridgehead atoms. The third-order valence-electron chi connectivity index (χ3n) is 3.89. The predicted octanol–water partition coefficient (Wildman–Crippen LogP) is 1.85. The highest BCUT2D eigenvalue weighted by Crippen LogP contribution is 2.25. The van der Waals surface area contributed by atoms with Gasteiger partial charge in [-0.25, -0.2) is 8.42 Å². The van der Waals surface area contributed by atoms with Gasteiger partial charge in [0, 0.05) is 37.9 Å². The molecule has 1 aromatic carbocycles. The molecule has 2 aromatic rings. The number of piperazine rings is 1. The van der Waals surface area contributed by atoms with Gasteiger partial charge in [-0.1, -0.05) is 16.8 Å². The Morgan fingerprint density at radius 1 is 1.25 bits per heavy atom. The van der Waals surface area contributed by atoms with E-state index in [1.54, 1.807) is 18.2 Å². The van der Waals surface area contributed by atoms with Gasteiger partial charge in [0.1, 0.15) is 18.1 Å². The Balaban J connectivity index is 1.65. The van der Waals surface area contributed by atoms with Crippen LogP contribution in [-0.4, -0.2) is 44.1 Å². The van der Waals surface area contributed by atoms with Crippen molar-refractivity contribution in [3.8, 4) is 6.07 Å². The third kappa shape index (κ3) is 3.53. The van der Waals surface area contributed by atoms with Gasteiger partial charge < -0.3 is 9.42 Å². The molecule has 9 heteroatoms. The predicted molar refractivity (Wildman–Crippen MR) is 89.1 cm³/mol. The summed E-state index contributed by atoms with van der Waals surface area (Å²) in [4.78, 5) is 2.05. The summed E-state index contributed by atoms with van der Waals surface area (Å²) < 4.78 is 30.9. The van der Waals surface area contributed by atoms with E-state index >= 15 is 0 Å². The zero-order valence-corrected chi connectivity index (χ0v) is 14.3. The largest absolute Gasteiger partial charge is 0.369 e. The molecule has 0 spiro atoms. The number of anilines is 1. The molecular formula is C15H15ClN4O3S. The number of halogens is 1. The van der Waals surface area contributed by atoms with Crippen LogP contribution in [0.4, 0.5) is 5.69 Å². The molecule has 0 N–H and O–H groups in total. The van der Waals surface area contributed by atoms with Crippen molar-refractivity contribution in [2.75, 3.05) is 31.1 Å². The molecule has 1 aliphatic rings. The lowest BCUT2D eigenvalue weighted by Gasteiger charge is -2.35. The van der Waals surface area contributed by atoms with Crippen molar-refractivity contribution in [3.63, 3.8) is 0 Å². The minimum absolute atomic E-state index is 0.161. The van der Waals surface area contributed by atoms with E-state index in [4.69, 9.17) is 16.9 Å². The number of benzene rings is 1. The van der Waals surface area contributed by atoms with E-state index in [0.29, 0.717) is 42.5 Å². The third-order valence-corrected chi connectivity index (χ3v) is 6.02. The first-order valence-electron chi connectivity index (χ1n) is 7.31. The SMILES string of the molecule is N#Cc1ccc(N2CCN(S(=O)(=O)Cc3ccon3)CC2)cc1Cl. The van der Waals surface area contributed by atoms with Crippen molar-refractivity contribution < 1.29 is 12.9 Å². The standard InChI is InChI=1S/C15H15ClN4O3S/c16-15-9-14(2-1-12(15)10-17)19-4-6-20(7-5-19)24(21,22)11-13-3-8-23-18-13/h1-3,8-9H,4-7,11H2. The molecule has 24 heavy (non-hydrogen) atoms. The minimum atomic E-state index is -3.42. The lowest BCUT2D eigenvalue weighted by Crippen LogP contribution is -2.49. The highest BCUT2D eigenvalue weighted by Gasteiger charge is 2.28. The van der Waals surface area contributed by atoms with Gasteiger partial charge in [-0.15, -0.1) is 0 Å². The molecule has 0 amide bonds. The van der Waals surface area contributed by atoms with E-state index in [1.807, 2.05) is 12.1 Å². The van der Waals surface area contributed by atoms with E-state index < -0.39 is 10.0 Å². The van der Waals surface area contributed by atoms with Crippen molar-refractivity contribution in [1.29, 1.82) is 5.26 Å². The van der Waals surface area contributed by atoms with Gasteiger partial charge in [-0.3, -0.25) is 0 Å². The number of nitrogens with zero attached hydrogens (tertiary/aromatic N) is 4. The Kier molecular flexibility index (Phi) is 4.76. The fourth-order valence-electron chi connectivity index (χ4n) is 2.61. The summed E-state index contributed by atoms with van der Waals surface area (Å²) in [5.41, 5.74) is 1.71. The van der Waals surface area contributed by atoms with Gasteiger partial charge in [-0.2, -0.15) is 9.57 Å². The van der Waals surface area contributed by atoms with Crippen LogP contribution in [0.1, 0.15) is 11.3 Å². The first-order chi connectivity index (χ1) is 11.5. The van der Waals surface area contributed by atoms with Crippen LogP contribution in [0.3, 0.4) is 0 Å². The van der Waals surface area contributed by atoms with Crippen molar-refractivity contribution >= 4 is 27.3 Å². The van der Waals surface area contributed by atoms with Gasteiger partial charge in [0.15, 0.2) is 0 Å². The average Bonchev–Trinajstić information content (AvgIpc) is 3.07. The van der Waals surface area contributed by atoms with Gasteiger partial charge in [0.25, 0.3) is 0 Å².